The van der Waals surface area contributed by atoms with Crippen molar-refractivity contribution >= 4 is 29.1 Å². The van der Waals surface area contributed by atoms with Gasteiger partial charge in [-0.2, -0.15) is 0 Å². The van der Waals surface area contributed by atoms with Crippen molar-refractivity contribution in [2.24, 2.45) is 0 Å². The normalized spacial score (nSPS) is 10.4. The molecule has 0 radical (unpaired) electrons. The van der Waals surface area contributed by atoms with Crippen LogP contribution >= 0.6 is 11.8 Å². The van der Waals surface area contributed by atoms with Gasteiger partial charge >= 0.3 is 0 Å². The topological polar surface area (TPSA) is 85.1 Å². The molecule has 0 spiro atoms. The van der Waals surface area contributed by atoms with Crippen molar-refractivity contribution in [3.05, 3.63) is 71.6 Å². The van der Waals surface area contributed by atoms with Gasteiger partial charge in [-0.25, -0.2) is 0 Å². The summed E-state index contributed by atoms with van der Waals surface area (Å²) < 4.78 is 5.21. The van der Waals surface area contributed by atoms with E-state index in [1.165, 1.54) is 0 Å². The van der Waals surface area contributed by atoms with Crippen LogP contribution in [0.1, 0.15) is 21.8 Å². The maximum absolute atomic E-state index is 12.6. The third-order valence-corrected chi connectivity index (χ3v) is 4.13. The number of carbonyl (C=O) groups excluding carboxylic acids is 2. The Bertz CT molecular complexity index is 893. The van der Waals surface area contributed by atoms with E-state index in [0.29, 0.717) is 27.9 Å². The smallest absolute Gasteiger partial charge is 0.277 e. The molecule has 0 bridgehead atoms. The molecule has 0 aliphatic rings. The molecule has 1 N–H and O–H groups in total. The molecule has 1 aromatic heterocycles. The average Bonchev–Trinajstić information content (AvgIpc) is 3.06. The number of rotatable bonds is 6. The molecule has 0 unspecified atom stereocenters. The van der Waals surface area contributed by atoms with E-state index in [1.807, 2.05) is 6.07 Å². The molecule has 0 atom stereocenters. The molecule has 0 saturated carbocycles. The standard InChI is InChI=1S/C18H15N3O3S/c1-12-20-21-18(24-12)25-11-16(22)19-15-10-6-5-9-14(15)17(23)13-7-3-2-4-8-13/h2-10H,11H2,1H3,(H,19,22). The molecular weight excluding hydrogens is 338 g/mol. The number of hydrogen-bond donors (Lipinski definition) is 1. The molecule has 2 aromatic carbocycles. The number of nitrogens with zero attached hydrogens (tertiary/aromatic N) is 2. The number of carbonyl (C=O) groups is 2. The Morgan fingerprint density at radius 2 is 1.76 bits per heavy atom. The predicted octanol–water partition coefficient (Wildman–Crippen LogP) is 3.34. The number of anilines is 1. The maximum atomic E-state index is 12.6. The van der Waals surface area contributed by atoms with Crippen LogP contribution in [0.25, 0.3) is 0 Å². The second-order valence-corrected chi connectivity index (χ2v) is 6.09. The summed E-state index contributed by atoms with van der Waals surface area (Å²) in [5.74, 6) is 0.155. The van der Waals surface area contributed by atoms with Crippen LogP contribution in [-0.4, -0.2) is 27.6 Å². The minimum Gasteiger partial charge on any atom is -0.416 e. The average molecular weight is 353 g/mol. The fraction of sp³-hybridized carbons (Fsp3) is 0.111. The molecule has 25 heavy (non-hydrogen) atoms. The van der Waals surface area contributed by atoms with Crippen molar-refractivity contribution in [3.8, 4) is 0 Å². The van der Waals surface area contributed by atoms with Crippen LogP contribution in [0.4, 0.5) is 5.69 Å². The van der Waals surface area contributed by atoms with Gasteiger partial charge in [-0.3, -0.25) is 9.59 Å². The molecule has 0 fully saturated rings. The van der Waals surface area contributed by atoms with Gasteiger partial charge in [0, 0.05) is 18.1 Å². The van der Waals surface area contributed by atoms with E-state index in [4.69, 9.17) is 4.42 Å². The third kappa shape index (κ3) is 4.33. The number of para-hydroxylation sites is 1. The fourth-order valence-corrected chi connectivity index (χ4v) is 2.79. The van der Waals surface area contributed by atoms with Crippen LogP contribution in [0.3, 0.4) is 0 Å². The molecular formula is C18H15N3O3S. The highest BCUT2D eigenvalue weighted by molar-refractivity contribution is 7.99. The highest BCUT2D eigenvalue weighted by Gasteiger charge is 2.15. The van der Waals surface area contributed by atoms with Crippen molar-refractivity contribution in [1.29, 1.82) is 0 Å². The summed E-state index contributed by atoms with van der Waals surface area (Å²) in [5, 5.41) is 10.6. The van der Waals surface area contributed by atoms with Gasteiger partial charge in [0.25, 0.3) is 5.22 Å². The van der Waals surface area contributed by atoms with Gasteiger partial charge in [-0.1, -0.05) is 54.2 Å². The summed E-state index contributed by atoms with van der Waals surface area (Å²) in [7, 11) is 0. The highest BCUT2D eigenvalue weighted by atomic mass is 32.2. The molecule has 6 nitrogen and oxygen atoms in total. The summed E-state index contributed by atoms with van der Waals surface area (Å²) in [4.78, 5) is 24.8. The number of ketones is 1. The largest absolute Gasteiger partial charge is 0.416 e. The van der Waals surface area contributed by atoms with Crippen molar-refractivity contribution < 1.29 is 14.0 Å². The summed E-state index contributed by atoms with van der Waals surface area (Å²) in [6, 6.07) is 15.9. The lowest BCUT2D eigenvalue weighted by Gasteiger charge is -2.10. The monoisotopic (exact) mass is 353 g/mol. The second-order valence-electron chi connectivity index (χ2n) is 5.16. The van der Waals surface area contributed by atoms with Gasteiger partial charge in [0.2, 0.25) is 11.8 Å². The van der Waals surface area contributed by atoms with Crippen LogP contribution in [0.5, 0.6) is 0 Å². The molecule has 0 saturated heterocycles. The first kappa shape index (κ1) is 16.9. The Kier molecular flexibility index (Phi) is 5.25. The lowest BCUT2D eigenvalue weighted by atomic mass is 10.0. The molecule has 3 rings (SSSR count). The molecule has 3 aromatic rings. The highest BCUT2D eigenvalue weighted by Crippen LogP contribution is 2.21. The molecule has 1 amide bonds. The first-order chi connectivity index (χ1) is 12.1. The number of nitrogens with one attached hydrogen (secondary N) is 1. The second kappa shape index (κ2) is 7.76. The van der Waals surface area contributed by atoms with Gasteiger partial charge in [-0.05, 0) is 12.1 Å². The number of amides is 1. The van der Waals surface area contributed by atoms with Gasteiger partial charge in [0.1, 0.15) is 0 Å². The molecule has 0 aliphatic carbocycles. The number of aromatic nitrogens is 2. The molecule has 126 valence electrons. The quantitative estimate of drug-likeness (QED) is 0.540. The summed E-state index contributed by atoms with van der Waals surface area (Å²) in [6.45, 7) is 1.68. The van der Waals surface area contributed by atoms with Gasteiger partial charge in [-0.15, -0.1) is 10.2 Å². The Hall–Kier alpha value is -2.93. The van der Waals surface area contributed by atoms with Gasteiger partial charge in [0.05, 0.1) is 11.4 Å². The van der Waals surface area contributed by atoms with Crippen molar-refractivity contribution in [2.75, 3.05) is 11.1 Å². The van der Waals surface area contributed by atoms with E-state index in [0.717, 1.165) is 11.8 Å². The lowest BCUT2D eigenvalue weighted by Crippen LogP contribution is -2.17. The lowest BCUT2D eigenvalue weighted by molar-refractivity contribution is -0.113. The Morgan fingerprint density at radius 1 is 1.04 bits per heavy atom. The van der Waals surface area contributed by atoms with Crippen molar-refractivity contribution in [2.45, 2.75) is 12.1 Å². The molecule has 0 aliphatic heterocycles. The van der Waals surface area contributed by atoms with Crippen LogP contribution in [0.2, 0.25) is 0 Å². The zero-order chi connectivity index (χ0) is 17.6. The van der Waals surface area contributed by atoms with E-state index in [1.54, 1.807) is 55.5 Å². The first-order valence-corrected chi connectivity index (χ1v) is 8.53. The predicted molar refractivity (Wildman–Crippen MR) is 94.7 cm³/mol. The summed E-state index contributed by atoms with van der Waals surface area (Å²) >= 11 is 1.14. The molecule has 1 heterocycles. The van der Waals surface area contributed by atoms with E-state index in [-0.39, 0.29) is 17.4 Å². The minimum atomic E-state index is -0.255. The minimum absolute atomic E-state index is 0.107. The van der Waals surface area contributed by atoms with Crippen LogP contribution in [-0.2, 0) is 4.79 Å². The van der Waals surface area contributed by atoms with Crippen LogP contribution in [0.15, 0.2) is 64.2 Å². The Morgan fingerprint density at radius 3 is 2.48 bits per heavy atom. The molecule has 7 heteroatoms. The van der Waals surface area contributed by atoms with E-state index in [9.17, 15) is 9.59 Å². The Labute approximate surface area is 148 Å². The zero-order valence-electron chi connectivity index (χ0n) is 13.4. The zero-order valence-corrected chi connectivity index (χ0v) is 14.2. The first-order valence-electron chi connectivity index (χ1n) is 7.55. The number of benzene rings is 2. The number of hydrogen-bond acceptors (Lipinski definition) is 6. The third-order valence-electron chi connectivity index (χ3n) is 3.32. The van der Waals surface area contributed by atoms with Gasteiger partial charge in [0.15, 0.2) is 5.78 Å². The van der Waals surface area contributed by atoms with E-state index in [2.05, 4.69) is 15.5 Å². The van der Waals surface area contributed by atoms with Crippen LogP contribution < -0.4 is 5.32 Å². The SMILES string of the molecule is Cc1nnc(SCC(=O)Nc2ccccc2C(=O)c2ccccc2)o1. The fourth-order valence-electron chi connectivity index (χ4n) is 2.19. The van der Waals surface area contributed by atoms with Gasteiger partial charge < -0.3 is 9.73 Å². The maximum Gasteiger partial charge on any atom is 0.277 e. The van der Waals surface area contributed by atoms with Crippen molar-refractivity contribution in [1.82, 2.24) is 10.2 Å². The van der Waals surface area contributed by atoms with E-state index < -0.39 is 0 Å². The van der Waals surface area contributed by atoms with Crippen molar-refractivity contribution in [3.63, 3.8) is 0 Å². The van der Waals surface area contributed by atoms with Crippen LogP contribution in [0, 0.1) is 6.92 Å². The van der Waals surface area contributed by atoms with E-state index >= 15 is 0 Å². The number of thioether (sulfide) groups is 1. The Balaban J connectivity index is 1.70. The summed E-state index contributed by atoms with van der Waals surface area (Å²) in [5.41, 5.74) is 1.49. The number of aryl methyl sites for hydroxylation is 1. The summed E-state index contributed by atoms with van der Waals surface area (Å²) in [6.07, 6.45) is 0.